The summed E-state index contributed by atoms with van der Waals surface area (Å²) >= 11 is 3.30. The van der Waals surface area contributed by atoms with E-state index in [4.69, 9.17) is 0 Å². The number of carbonyl (C=O) groups excluding carboxylic acids is 1. The molecule has 0 unspecified atom stereocenters. The Morgan fingerprint density at radius 3 is 3.00 bits per heavy atom. The van der Waals surface area contributed by atoms with Crippen LogP contribution >= 0.6 is 15.9 Å². The van der Waals surface area contributed by atoms with Crippen molar-refractivity contribution in [2.24, 2.45) is 7.05 Å². The molecule has 0 aliphatic rings. The summed E-state index contributed by atoms with van der Waals surface area (Å²) in [5.74, 6) is 0.552. The molecule has 3 heterocycles. The van der Waals surface area contributed by atoms with Crippen LogP contribution in [0.15, 0.2) is 17.1 Å². The molecule has 0 saturated heterocycles. The molecule has 24 heavy (non-hydrogen) atoms. The lowest BCUT2D eigenvalue weighted by Crippen LogP contribution is -2.19. The number of halogens is 1. The molecule has 0 atom stereocenters. The zero-order valence-electron chi connectivity index (χ0n) is 13.2. The summed E-state index contributed by atoms with van der Waals surface area (Å²) in [5.41, 5.74) is 0.824. The van der Waals surface area contributed by atoms with E-state index in [0.29, 0.717) is 29.0 Å². The number of rotatable bonds is 5. The molecule has 3 rings (SSSR count). The number of aryl methyl sites for hydroxylation is 2. The van der Waals surface area contributed by atoms with Crippen LogP contribution in [-0.4, -0.2) is 40.8 Å². The van der Waals surface area contributed by atoms with E-state index in [9.17, 15) is 9.59 Å². The van der Waals surface area contributed by atoms with Crippen LogP contribution in [-0.2, 0) is 11.8 Å². The van der Waals surface area contributed by atoms with Crippen LogP contribution in [0.2, 0.25) is 0 Å². The molecule has 0 fully saturated rings. The Balaban J connectivity index is 2.02. The maximum absolute atomic E-state index is 12.2. The number of carbonyl (C=O) groups is 1. The molecule has 3 aromatic heterocycles. The molecule has 0 spiro atoms. The Morgan fingerprint density at radius 1 is 1.46 bits per heavy atom. The largest absolute Gasteiger partial charge is 0.310 e. The number of hydrogen-bond acceptors (Lipinski definition) is 5. The van der Waals surface area contributed by atoms with E-state index >= 15 is 0 Å². The second-order valence-electron chi connectivity index (χ2n) is 5.32. The average molecular weight is 394 g/mol. The number of hydrogen-bond donors (Lipinski definition) is 2. The molecule has 1 amide bonds. The highest BCUT2D eigenvalue weighted by atomic mass is 79.9. The lowest BCUT2D eigenvalue weighted by Gasteiger charge is -2.08. The highest BCUT2D eigenvalue weighted by Gasteiger charge is 2.15. The highest BCUT2D eigenvalue weighted by molar-refractivity contribution is 9.09. The maximum atomic E-state index is 12.2. The Labute approximate surface area is 145 Å². The first kappa shape index (κ1) is 16.4. The second-order valence-corrected chi connectivity index (χ2v) is 6.11. The van der Waals surface area contributed by atoms with Crippen molar-refractivity contribution in [3.63, 3.8) is 0 Å². The van der Waals surface area contributed by atoms with Gasteiger partial charge in [-0.3, -0.25) is 19.3 Å². The summed E-state index contributed by atoms with van der Waals surface area (Å²) in [7, 11) is 1.70. The van der Waals surface area contributed by atoms with E-state index in [-0.39, 0.29) is 17.4 Å². The van der Waals surface area contributed by atoms with Crippen LogP contribution in [0.3, 0.4) is 0 Å². The number of aromatic nitrogens is 6. The van der Waals surface area contributed by atoms with Crippen LogP contribution in [0.1, 0.15) is 18.5 Å². The predicted octanol–water partition coefficient (Wildman–Crippen LogP) is 1.26. The fourth-order valence-electron chi connectivity index (χ4n) is 2.30. The standard InChI is InChI=1S/C14H16BrN7O2/c1-8-6-10(17-11(23)4-3-5-15)22(20-8)14-18-12-9(13(24)19-14)7-16-21(12)2/h6-7H,3-5H2,1-2H3,(H,17,23)(H,18,19,24). The molecule has 10 heteroatoms. The normalized spacial score (nSPS) is 11.1. The van der Waals surface area contributed by atoms with Crippen molar-refractivity contribution in [1.29, 1.82) is 0 Å². The maximum Gasteiger partial charge on any atom is 0.263 e. The Morgan fingerprint density at radius 2 is 2.25 bits per heavy atom. The fourth-order valence-corrected chi connectivity index (χ4v) is 2.58. The number of alkyl halides is 1. The van der Waals surface area contributed by atoms with Gasteiger partial charge in [0.2, 0.25) is 11.9 Å². The highest BCUT2D eigenvalue weighted by Crippen LogP contribution is 2.16. The first-order valence-electron chi connectivity index (χ1n) is 7.34. The van der Waals surface area contributed by atoms with Gasteiger partial charge in [0.1, 0.15) is 11.2 Å². The molecule has 0 aliphatic heterocycles. The SMILES string of the molecule is Cc1cc(NC(=O)CCCBr)n(-c2nc3c(cnn3C)c(=O)[nH]2)n1. The van der Waals surface area contributed by atoms with Crippen molar-refractivity contribution in [2.75, 3.05) is 10.6 Å². The Bertz CT molecular complexity index is 956. The fraction of sp³-hybridized carbons (Fsp3) is 0.357. The summed E-state index contributed by atoms with van der Waals surface area (Å²) in [6, 6.07) is 1.72. The van der Waals surface area contributed by atoms with Crippen molar-refractivity contribution >= 4 is 38.7 Å². The van der Waals surface area contributed by atoms with Crippen LogP contribution in [0.25, 0.3) is 17.0 Å². The number of aromatic amines is 1. The summed E-state index contributed by atoms with van der Waals surface area (Å²) in [4.78, 5) is 31.2. The Hall–Kier alpha value is -2.49. The van der Waals surface area contributed by atoms with Crippen molar-refractivity contribution < 1.29 is 4.79 Å². The van der Waals surface area contributed by atoms with Crippen LogP contribution in [0, 0.1) is 6.92 Å². The average Bonchev–Trinajstić information content (AvgIpc) is 3.09. The first-order chi connectivity index (χ1) is 11.5. The molecule has 0 radical (unpaired) electrons. The second kappa shape index (κ2) is 6.56. The van der Waals surface area contributed by atoms with E-state index in [0.717, 1.165) is 11.8 Å². The third-order valence-corrected chi connectivity index (χ3v) is 3.99. The number of nitrogens with zero attached hydrogens (tertiary/aromatic N) is 5. The third-order valence-electron chi connectivity index (χ3n) is 3.43. The van der Waals surface area contributed by atoms with Gasteiger partial charge in [-0.2, -0.15) is 19.9 Å². The van der Waals surface area contributed by atoms with Gasteiger partial charge < -0.3 is 5.32 Å². The molecular weight excluding hydrogens is 378 g/mol. The smallest absolute Gasteiger partial charge is 0.263 e. The molecule has 0 aliphatic carbocycles. The minimum Gasteiger partial charge on any atom is -0.310 e. The van der Waals surface area contributed by atoms with Crippen molar-refractivity contribution in [3.8, 4) is 5.95 Å². The number of amides is 1. The molecule has 9 nitrogen and oxygen atoms in total. The van der Waals surface area contributed by atoms with E-state index in [2.05, 4.69) is 41.4 Å². The van der Waals surface area contributed by atoms with Gasteiger partial charge in [-0.25, -0.2) is 0 Å². The molecule has 0 bridgehead atoms. The number of anilines is 1. The lowest BCUT2D eigenvalue weighted by atomic mass is 10.3. The van der Waals surface area contributed by atoms with Crippen molar-refractivity contribution in [2.45, 2.75) is 19.8 Å². The number of H-pyrrole nitrogens is 1. The van der Waals surface area contributed by atoms with Gasteiger partial charge in [-0.1, -0.05) is 15.9 Å². The van der Waals surface area contributed by atoms with Crippen LogP contribution < -0.4 is 10.9 Å². The Kier molecular flexibility index (Phi) is 4.47. The first-order valence-corrected chi connectivity index (χ1v) is 8.46. The summed E-state index contributed by atoms with van der Waals surface area (Å²) < 4.78 is 2.92. The van der Waals surface area contributed by atoms with E-state index in [1.165, 1.54) is 15.6 Å². The van der Waals surface area contributed by atoms with Gasteiger partial charge in [0.25, 0.3) is 5.56 Å². The topological polar surface area (TPSA) is 110 Å². The summed E-state index contributed by atoms with van der Waals surface area (Å²) in [6.45, 7) is 1.80. The van der Waals surface area contributed by atoms with Gasteiger partial charge in [-0.15, -0.1) is 0 Å². The molecule has 126 valence electrons. The summed E-state index contributed by atoms with van der Waals surface area (Å²) in [6.07, 6.45) is 2.58. The van der Waals surface area contributed by atoms with E-state index in [1.54, 1.807) is 20.0 Å². The zero-order valence-corrected chi connectivity index (χ0v) is 14.8. The molecule has 3 aromatic rings. The molecule has 0 aromatic carbocycles. The van der Waals surface area contributed by atoms with Gasteiger partial charge in [0, 0.05) is 24.9 Å². The monoisotopic (exact) mass is 393 g/mol. The quantitative estimate of drug-likeness (QED) is 0.634. The van der Waals surface area contributed by atoms with Gasteiger partial charge in [0.05, 0.1) is 11.9 Å². The molecule has 2 N–H and O–H groups in total. The van der Waals surface area contributed by atoms with Gasteiger partial charge in [-0.05, 0) is 13.3 Å². The van der Waals surface area contributed by atoms with Crippen molar-refractivity contribution in [3.05, 3.63) is 28.3 Å². The lowest BCUT2D eigenvalue weighted by molar-refractivity contribution is -0.116. The van der Waals surface area contributed by atoms with Crippen LogP contribution in [0.4, 0.5) is 5.82 Å². The minimum atomic E-state index is -0.312. The minimum absolute atomic E-state index is 0.125. The number of nitrogens with one attached hydrogen (secondary N) is 2. The van der Waals surface area contributed by atoms with Crippen LogP contribution in [0.5, 0.6) is 0 Å². The zero-order chi connectivity index (χ0) is 17.3. The van der Waals surface area contributed by atoms with Gasteiger partial charge in [0.15, 0.2) is 5.65 Å². The van der Waals surface area contributed by atoms with E-state index in [1.807, 2.05) is 0 Å². The third kappa shape index (κ3) is 3.09. The van der Waals surface area contributed by atoms with Crippen molar-refractivity contribution in [1.82, 2.24) is 29.5 Å². The molecule has 0 saturated carbocycles. The van der Waals surface area contributed by atoms with E-state index < -0.39 is 0 Å². The van der Waals surface area contributed by atoms with Gasteiger partial charge >= 0.3 is 0 Å². The summed E-state index contributed by atoms with van der Waals surface area (Å²) in [5, 5.41) is 12.3. The predicted molar refractivity (Wildman–Crippen MR) is 92.6 cm³/mol. The number of fused-ring (bicyclic) bond motifs is 1. The molecular formula is C14H16BrN7O2.